The van der Waals surface area contributed by atoms with Crippen molar-refractivity contribution in [1.82, 2.24) is 14.5 Å². The Labute approximate surface area is 168 Å². The Morgan fingerprint density at radius 3 is 2.55 bits per heavy atom. The number of aromatic nitrogens is 3. The molecule has 0 aliphatic heterocycles. The number of hydrogen-bond donors (Lipinski definition) is 3. The van der Waals surface area contributed by atoms with Gasteiger partial charge in [-0.2, -0.15) is 4.98 Å². The number of aliphatic hydroxyl groups excluding tert-OH is 3. The van der Waals surface area contributed by atoms with Crippen molar-refractivity contribution in [3.63, 3.8) is 0 Å². The van der Waals surface area contributed by atoms with Crippen LogP contribution in [0.4, 0.5) is 5.69 Å². The maximum atomic E-state index is 10.1. The molecule has 2 aromatic heterocycles. The molecular formula is C20H26N4O5. The Morgan fingerprint density at radius 1 is 1.14 bits per heavy atom. The highest BCUT2D eigenvalue weighted by molar-refractivity contribution is 5.92. The van der Waals surface area contributed by atoms with Crippen molar-refractivity contribution < 1.29 is 24.8 Å². The summed E-state index contributed by atoms with van der Waals surface area (Å²) in [4.78, 5) is 10.2. The van der Waals surface area contributed by atoms with E-state index in [0.717, 1.165) is 5.56 Å². The topological polar surface area (TPSA) is 113 Å². The Balaban J connectivity index is 1.92. The molecule has 0 bridgehead atoms. The SMILES string of the molecule is COc1ncnc2c(N(C)[C@H](CO)[C@@H](O)CO)cn(COCc3ccccc3)c12. The molecule has 1 aromatic carbocycles. The molecule has 0 saturated heterocycles. The monoisotopic (exact) mass is 402 g/mol. The molecule has 0 fully saturated rings. The number of anilines is 1. The Kier molecular flexibility index (Phi) is 6.99. The van der Waals surface area contributed by atoms with E-state index < -0.39 is 18.8 Å². The standard InChI is InChI=1S/C20H26N4O5/c1-23(16(9-25)17(27)10-26)15-8-24(13-29-11-14-6-4-3-5-7-14)19-18(15)21-12-22-20(19)28-2/h3-8,12,16-17,25-27H,9-11,13H2,1-2H3/t16-,17+/m1/s1. The fourth-order valence-corrected chi connectivity index (χ4v) is 3.23. The van der Waals surface area contributed by atoms with Crippen molar-refractivity contribution in [2.24, 2.45) is 0 Å². The smallest absolute Gasteiger partial charge is 0.241 e. The Hall–Kier alpha value is -2.72. The van der Waals surface area contributed by atoms with Gasteiger partial charge in [-0.3, -0.25) is 0 Å². The number of rotatable bonds is 10. The zero-order valence-electron chi connectivity index (χ0n) is 16.5. The molecule has 3 aromatic rings. The van der Waals surface area contributed by atoms with Gasteiger partial charge in [-0.05, 0) is 5.56 Å². The minimum Gasteiger partial charge on any atom is -0.479 e. The van der Waals surface area contributed by atoms with Crippen LogP contribution in [0.2, 0.25) is 0 Å². The molecule has 0 amide bonds. The van der Waals surface area contributed by atoms with E-state index >= 15 is 0 Å². The van der Waals surface area contributed by atoms with Crippen LogP contribution in [-0.2, 0) is 18.1 Å². The lowest BCUT2D eigenvalue weighted by molar-refractivity contribution is 0.0532. The first kappa shape index (κ1) is 21.0. The summed E-state index contributed by atoms with van der Waals surface area (Å²) >= 11 is 0. The maximum Gasteiger partial charge on any atom is 0.241 e. The number of benzene rings is 1. The summed E-state index contributed by atoms with van der Waals surface area (Å²) in [5, 5.41) is 29.1. The van der Waals surface area contributed by atoms with Crippen LogP contribution in [-0.4, -0.2) is 69.4 Å². The highest BCUT2D eigenvalue weighted by Gasteiger charge is 2.26. The van der Waals surface area contributed by atoms with Crippen molar-refractivity contribution in [3.8, 4) is 5.88 Å². The van der Waals surface area contributed by atoms with E-state index in [-0.39, 0.29) is 13.3 Å². The van der Waals surface area contributed by atoms with Crippen molar-refractivity contribution >= 4 is 16.7 Å². The lowest BCUT2D eigenvalue weighted by atomic mass is 10.1. The van der Waals surface area contributed by atoms with Gasteiger partial charge in [-0.25, -0.2) is 4.98 Å². The molecule has 156 valence electrons. The number of fused-ring (bicyclic) bond motifs is 1. The number of nitrogens with zero attached hydrogens (tertiary/aromatic N) is 4. The molecule has 3 rings (SSSR count). The van der Waals surface area contributed by atoms with Gasteiger partial charge < -0.3 is 34.3 Å². The lowest BCUT2D eigenvalue weighted by Crippen LogP contribution is -2.45. The molecule has 9 heteroatoms. The zero-order chi connectivity index (χ0) is 20.8. The third-order valence-corrected chi connectivity index (χ3v) is 4.83. The van der Waals surface area contributed by atoms with E-state index in [4.69, 9.17) is 9.47 Å². The van der Waals surface area contributed by atoms with E-state index in [9.17, 15) is 15.3 Å². The highest BCUT2D eigenvalue weighted by Crippen LogP contribution is 2.32. The first-order valence-electron chi connectivity index (χ1n) is 9.22. The van der Waals surface area contributed by atoms with Crippen LogP contribution in [0.5, 0.6) is 5.88 Å². The third kappa shape index (κ3) is 4.48. The summed E-state index contributed by atoms with van der Waals surface area (Å²) in [5.41, 5.74) is 2.93. The van der Waals surface area contributed by atoms with Gasteiger partial charge in [0.15, 0.2) is 0 Å². The fraction of sp³-hybridized carbons (Fsp3) is 0.400. The quantitative estimate of drug-likeness (QED) is 0.456. The molecule has 0 aliphatic carbocycles. The number of ether oxygens (including phenoxy) is 2. The van der Waals surface area contributed by atoms with Gasteiger partial charge in [0.2, 0.25) is 5.88 Å². The second kappa shape index (κ2) is 9.66. The summed E-state index contributed by atoms with van der Waals surface area (Å²) < 4.78 is 13.1. The van der Waals surface area contributed by atoms with Gasteiger partial charge in [0.05, 0.1) is 44.8 Å². The van der Waals surface area contributed by atoms with E-state index in [1.54, 1.807) is 18.1 Å². The number of aliphatic hydroxyl groups is 3. The summed E-state index contributed by atoms with van der Waals surface area (Å²) in [6.45, 7) is -0.135. The second-order valence-corrected chi connectivity index (χ2v) is 6.64. The summed E-state index contributed by atoms with van der Waals surface area (Å²) in [5.74, 6) is 0.390. The summed E-state index contributed by atoms with van der Waals surface area (Å²) in [6.07, 6.45) is 2.09. The minimum absolute atomic E-state index is 0.231. The molecule has 0 unspecified atom stereocenters. The molecule has 3 N–H and O–H groups in total. The number of methoxy groups -OCH3 is 1. The molecule has 29 heavy (non-hydrogen) atoms. The number of likely N-dealkylation sites (N-methyl/N-ethyl adjacent to an activating group) is 1. The maximum absolute atomic E-state index is 10.1. The van der Waals surface area contributed by atoms with E-state index in [0.29, 0.717) is 29.2 Å². The largest absolute Gasteiger partial charge is 0.479 e. The van der Waals surface area contributed by atoms with Gasteiger partial charge in [0.1, 0.15) is 24.1 Å². The first-order valence-corrected chi connectivity index (χ1v) is 9.22. The van der Waals surface area contributed by atoms with E-state index in [1.165, 1.54) is 13.4 Å². The molecule has 9 nitrogen and oxygen atoms in total. The van der Waals surface area contributed by atoms with Crippen LogP contribution in [0.15, 0.2) is 42.9 Å². The summed E-state index contributed by atoms with van der Waals surface area (Å²) in [6, 6.07) is 9.12. The predicted molar refractivity (Wildman–Crippen MR) is 108 cm³/mol. The Bertz CT molecular complexity index is 918. The predicted octanol–water partition coefficient (Wildman–Crippen LogP) is 0.764. The van der Waals surface area contributed by atoms with Gasteiger partial charge in [-0.15, -0.1) is 0 Å². The third-order valence-electron chi connectivity index (χ3n) is 4.83. The normalized spacial score (nSPS) is 13.4. The van der Waals surface area contributed by atoms with E-state index in [1.807, 2.05) is 34.9 Å². The summed E-state index contributed by atoms with van der Waals surface area (Å²) in [7, 11) is 3.25. The Morgan fingerprint density at radius 2 is 1.90 bits per heavy atom. The molecular weight excluding hydrogens is 376 g/mol. The van der Waals surface area contributed by atoms with Crippen molar-refractivity contribution in [2.45, 2.75) is 25.5 Å². The molecule has 2 atom stereocenters. The van der Waals surface area contributed by atoms with E-state index in [2.05, 4.69) is 9.97 Å². The first-order chi connectivity index (χ1) is 14.1. The average molecular weight is 402 g/mol. The molecule has 0 aliphatic rings. The lowest BCUT2D eigenvalue weighted by Gasteiger charge is -2.30. The second-order valence-electron chi connectivity index (χ2n) is 6.64. The minimum atomic E-state index is -1.11. The van der Waals surface area contributed by atoms with Crippen LogP contribution in [0.25, 0.3) is 11.0 Å². The van der Waals surface area contributed by atoms with Crippen molar-refractivity contribution in [2.75, 3.05) is 32.3 Å². The molecule has 0 spiro atoms. The van der Waals surface area contributed by atoms with Crippen molar-refractivity contribution in [1.29, 1.82) is 0 Å². The van der Waals surface area contributed by atoms with Crippen LogP contribution in [0, 0.1) is 0 Å². The van der Waals surface area contributed by atoms with Crippen LogP contribution >= 0.6 is 0 Å². The zero-order valence-corrected chi connectivity index (χ0v) is 16.5. The van der Waals surface area contributed by atoms with Crippen LogP contribution in [0.1, 0.15) is 5.56 Å². The van der Waals surface area contributed by atoms with Crippen LogP contribution in [0.3, 0.4) is 0 Å². The van der Waals surface area contributed by atoms with Gasteiger partial charge in [-0.1, -0.05) is 30.3 Å². The van der Waals surface area contributed by atoms with Crippen molar-refractivity contribution in [3.05, 3.63) is 48.4 Å². The van der Waals surface area contributed by atoms with Gasteiger partial charge in [0, 0.05) is 13.2 Å². The van der Waals surface area contributed by atoms with Gasteiger partial charge >= 0.3 is 0 Å². The molecule has 0 saturated carbocycles. The molecule has 0 radical (unpaired) electrons. The molecule has 2 heterocycles. The highest BCUT2D eigenvalue weighted by atomic mass is 16.5. The van der Waals surface area contributed by atoms with Gasteiger partial charge in [0.25, 0.3) is 0 Å². The average Bonchev–Trinajstić information content (AvgIpc) is 3.13. The number of hydrogen-bond acceptors (Lipinski definition) is 8. The fourth-order valence-electron chi connectivity index (χ4n) is 3.23. The van der Waals surface area contributed by atoms with Crippen LogP contribution < -0.4 is 9.64 Å².